The molecule has 5 nitrogen and oxygen atoms in total. The van der Waals surface area contributed by atoms with Gasteiger partial charge in [0.2, 0.25) is 5.91 Å². The number of nitrogens with one attached hydrogen (secondary N) is 1. The topological polar surface area (TPSA) is 72.9 Å². The normalized spacial score (nSPS) is 12.2. The van der Waals surface area contributed by atoms with E-state index >= 15 is 0 Å². The number of carbonyl (C=O) groups is 1. The number of rotatable bonds is 6. The first kappa shape index (κ1) is 25.2. The molecule has 0 fully saturated rings. The maximum atomic E-state index is 12.2. The lowest BCUT2D eigenvalue weighted by atomic mass is 9.95. The van der Waals surface area contributed by atoms with Gasteiger partial charge >= 0.3 is 0 Å². The van der Waals surface area contributed by atoms with Crippen LogP contribution in [0.25, 0.3) is 0 Å². The number of anilines is 1. The third-order valence-electron chi connectivity index (χ3n) is 4.51. The minimum absolute atomic E-state index is 0.0570. The van der Waals surface area contributed by atoms with Crippen molar-refractivity contribution in [3.63, 3.8) is 0 Å². The largest absolute Gasteiger partial charge is 0.326 e. The molecule has 0 bridgehead atoms. The van der Waals surface area contributed by atoms with Crippen molar-refractivity contribution in [1.82, 2.24) is 9.78 Å². The minimum atomic E-state index is -0.468. The fourth-order valence-corrected chi connectivity index (χ4v) is 3.25. The molecule has 1 amide bonds. The second-order valence-corrected chi connectivity index (χ2v) is 8.63. The first-order chi connectivity index (χ1) is 13.5. The number of benzene rings is 1. The van der Waals surface area contributed by atoms with E-state index in [4.69, 9.17) is 17.3 Å². The van der Waals surface area contributed by atoms with Gasteiger partial charge in [-0.2, -0.15) is 5.10 Å². The summed E-state index contributed by atoms with van der Waals surface area (Å²) in [4.78, 5) is 12.2. The lowest BCUT2D eigenvalue weighted by Gasteiger charge is -2.18. The molecule has 29 heavy (non-hydrogen) atoms. The Bertz CT molecular complexity index is 819. The monoisotopic (exact) mass is 420 g/mol. The molecular formula is C23H37ClN4O. The van der Waals surface area contributed by atoms with Gasteiger partial charge in [0.25, 0.3) is 0 Å². The molecule has 1 atom stereocenters. The van der Waals surface area contributed by atoms with E-state index in [9.17, 15) is 4.79 Å². The Morgan fingerprint density at radius 3 is 2.41 bits per heavy atom. The average molecular weight is 421 g/mol. The Kier molecular flexibility index (Phi) is 9.37. The highest BCUT2D eigenvalue weighted by Crippen LogP contribution is 2.28. The van der Waals surface area contributed by atoms with Gasteiger partial charge in [-0.15, -0.1) is 0 Å². The maximum Gasteiger partial charge on any atom is 0.229 e. The van der Waals surface area contributed by atoms with Gasteiger partial charge in [0.1, 0.15) is 0 Å². The van der Waals surface area contributed by atoms with E-state index in [1.807, 2.05) is 71.3 Å². The van der Waals surface area contributed by atoms with E-state index < -0.39 is 5.41 Å². The standard InChI is InChI=1S/C21H31ClN4O.C2H6/c1-7-19-16(14(3)25-26(19)12-13(2)23)10-15-8-9-18(17(22)11-15)24-20(27)21(4,5)6;1-2/h8-9,11,13H,7,10,12,23H2,1-6H3,(H,24,27);1-2H3/t13-;/m1./s1. The van der Waals surface area contributed by atoms with Crippen molar-refractivity contribution < 1.29 is 4.79 Å². The number of nitrogens with two attached hydrogens (primary N) is 1. The van der Waals surface area contributed by atoms with Gasteiger partial charge in [-0.1, -0.05) is 59.2 Å². The predicted molar refractivity (Wildman–Crippen MR) is 124 cm³/mol. The van der Waals surface area contributed by atoms with Crippen molar-refractivity contribution in [2.45, 2.75) is 80.8 Å². The maximum absolute atomic E-state index is 12.2. The summed E-state index contributed by atoms with van der Waals surface area (Å²) >= 11 is 6.43. The third-order valence-corrected chi connectivity index (χ3v) is 4.82. The van der Waals surface area contributed by atoms with Crippen molar-refractivity contribution in [1.29, 1.82) is 0 Å². The lowest BCUT2D eigenvalue weighted by Crippen LogP contribution is -2.27. The van der Waals surface area contributed by atoms with Crippen molar-refractivity contribution >= 4 is 23.2 Å². The third kappa shape index (κ3) is 6.86. The fraction of sp³-hybridized carbons (Fsp3) is 0.565. The Morgan fingerprint density at radius 1 is 1.31 bits per heavy atom. The molecule has 162 valence electrons. The lowest BCUT2D eigenvalue weighted by molar-refractivity contribution is -0.123. The second-order valence-electron chi connectivity index (χ2n) is 8.22. The zero-order chi connectivity index (χ0) is 22.4. The molecule has 0 aliphatic heterocycles. The molecule has 1 aromatic heterocycles. The van der Waals surface area contributed by atoms with Gasteiger partial charge < -0.3 is 11.1 Å². The Balaban J connectivity index is 0.00000204. The first-order valence-corrected chi connectivity index (χ1v) is 10.8. The van der Waals surface area contributed by atoms with Gasteiger partial charge in [0.05, 0.1) is 22.9 Å². The number of aromatic nitrogens is 2. The summed E-state index contributed by atoms with van der Waals surface area (Å²) in [5.74, 6) is -0.0570. The molecule has 0 saturated carbocycles. The highest BCUT2D eigenvalue weighted by atomic mass is 35.5. The second kappa shape index (κ2) is 10.8. The number of nitrogens with zero attached hydrogens (tertiary/aromatic N) is 2. The molecule has 6 heteroatoms. The van der Waals surface area contributed by atoms with Crippen LogP contribution in [0.15, 0.2) is 18.2 Å². The van der Waals surface area contributed by atoms with Crippen LogP contribution >= 0.6 is 11.6 Å². The molecule has 2 rings (SSSR count). The van der Waals surface area contributed by atoms with Crippen molar-refractivity contribution in [2.75, 3.05) is 5.32 Å². The molecule has 1 heterocycles. The SMILES string of the molecule is CC.CCc1c(Cc2ccc(NC(=O)C(C)(C)C)c(Cl)c2)c(C)nn1C[C@@H](C)N. The highest BCUT2D eigenvalue weighted by molar-refractivity contribution is 6.33. The highest BCUT2D eigenvalue weighted by Gasteiger charge is 2.22. The summed E-state index contributed by atoms with van der Waals surface area (Å²) in [6.07, 6.45) is 1.65. The molecule has 1 aromatic carbocycles. The molecule has 0 unspecified atom stereocenters. The summed E-state index contributed by atoms with van der Waals surface area (Å²) < 4.78 is 2.02. The Labute approximate surface area is 181 Å². The van der Waals surface area contributed by atoms with Gasteiger partial charge in [0.15, 0.2) is 0 Å². The Morgan fingerprint density at radius 2 is 1.93 bits per heavy atom. The van der Waals surface area contributed by atoms with E-state index in [0.29, 0.717) is 17.3 Å². The summed E-state index contributed by atoms with van der Waals surface area (Å²) in [6, 6.07) is 5.85. The molecule has 3 N–H and O–H groups in total. The van der Waals surface area contributed by atoms with Crippen LogP contribution in [-0.2, 0) is 24.2 Å². The van der Waals surface area contributed by atoms with Crippen LogP contribution < -0.4 is 11.1 Å². The molecule has 2 aromatic rings. The van der Waals surface area contributed by atoms with Crippen LogP contribution in [0.5, 0.6) is 0 Å². The first-order valence-electron chi connectivity index (χ1n) is 10.4. The van der Waals surface area contributed by atoms with Crippen LogP contribution in [0.3, 0.4) is 0 Å². The summed E-state index contributed by atoms with van der Waals surface area (Å²) in [7, 11) is 0. The number of amides is 1. The molecule has 0 radical (unpaired) electrons. The van der Waals surface area contributed by atoms with Crippen LogP contribution in [0.2, 0.25) is 5.02 Å². The molecule has 0 saturated heterocycles. The van der Waals surface area contributed by atoms with Gasteiger partial charge in [-0.3, -0.25) is 9.48 Å². The number of halogens is 1. The average Bonchev–Trinajstić information content (AvgIpc) is 2.91. The van der Waals surface area contributed by atoms with Crippen molar-refractivity contribution in [3.05, 3.63) is 45.7 Å². The quantitative estimate of drug-likeness (QED) is 0.660. The van der Waals surface area contributed by atoms with Crippen LogP contribution in [0, 0.1) is 12.3 Å². The Hall–Kier alpha value is -1.85. The minimum Gasteiger partial charge on any atom is -0.326 e. The summed E-state index contributed by atoms with van der Waals surface area (Å²) in [6.45, 7) is 16.5. The van der Waals surface area contributed by atoms with Crippen LogP contribution in [0.4, 0.5) is 5.69 Å². The van der Waals surface area contributed by atoms with Gasteiger partial charge in [-0.25, -0.2) is 0 Å². The zero-order valence-corrected chi connectivity index (χ0v) is 19.9. The van der Waals surface area contributed by atoms with Crippen LogP contribution in [-0.4, -0.2) is 21.7 Å². The van der Waals surface area contributed by atoms with E-state index in [1.165, 1.54) is 11.3 Å². The van der Waals surface area contributed by atoms with Gasteiger partial charge in [0, 0.05) is 29.1 Å². The predicted octanol–water partition coefficient (Wildman–Crippen LogP) is 5.36. The van der Waals surface area contributed by atoms with Gasteiger partial charge in [-0.05, 0) is 38.0 Å². The smallest absolute Gasteiger partial charge is 0.229 e. The van der Waals surface area contributed by atoms with Crippen molar-refractivity contribution in [2.24, 2.45) is 11.1 Å². The number of hydrogen-bond donors (Lipinski definition) is 2. The molecular weight excluding hydrogens is 384 g/mol. The number of hydrogen-bond acceptors (Lipinski definition) is 3. The summed E-state index contributed by atoms with van der Waals surface area (Å²) in [5, 5.41) is 8.12. The van der Waals surface area contributed by atoms with E-state index in [0.717, 1.165) is 24.1 Å². The number of carbonyl (C=O) groups excluding carboxylic acids is 1. The zero-order valence-electron chi connectivity index (χ0n) is 19.2. The molecule has 0 spiro atoms. The summed E-state index contributed by atoms with van der Waals surface area (Å²) in [5.41, 5.74) is 10.7. The van der Waals surface area contributed by atoms with Crippen molar-refractivity contribution in [3.8, 4) is 0 Å². The molecule has 0 aliphatic carbocycles. The van der Waals surface area contributed by atoms with E-state index in [1.54, 1.807) is 0 Å². The number of aryl methyl sites for hydroxylation is 1. The molecule has 0 aliphatic rings. The van der Waals surface area contributed by atoms with E-state index in [-0.39, 0.29) is 11.9 Å². The van der Waals surface area contributed by atoms with E-state index in [2.05, 4.69) is 17.3 Å². The van der Waals surface area contributed by atoms with Crippen LogP contribution in [0.1, 0.15) is 71.0 Å². The fourth-order valence-electron chi connectivity index (χ4n) is 3.00.